The molecule has 2 amide bonds. The van der Waals surface area contributed by atoms with E-state index in [1.54, 1.807) is 0 Å². The highest BCUT2D eigenvalue weighted by Crippen LogP contribution is 2.23. The van der Waals surface area contributed by atoms with Gasteiger partial charge in [-0.3, -0.25) is 10.6 Å². The molecule has 3 rings (SSSR count). The van der Waals surface area contributed by atoms with Crippen molar-refractivity contribution in [2.75, 3.05) is 13.1 Å². The first kappa shape index (κ1) is 19.9. The monoisotopic (exact) mass is 366 g/mol. The Morgan fingerprint density at radius 2 is 1.92 bits per heavy atom. The molecule has 150 valence electrons. The van der Waals surface area contributed by atoms with Crippen LogP contribution >= 0.6 is 0 Å². The normalized spacial score (nSPS) is 38.1. The Bertz CT molecular complexity index is 442. The summed E-state index contributed by atoms with van der Waals surface area (Å²) in [5, 5.41) is 20.2. The van der Waals surface area contributed by atoms with Gasteiger partial charge in [-0.1, -0.05) is 19.8 Å². The van der Waals surface area contributed by atoms with Crippen LogP contribution in [0.4, 0.5) is 4.79 Å². The van der Waals surface area contributed by atoms with E-state index in [1.165, 1.54) is 32.1 Å². The van der Waals surface area contributed by atoms with E-state index in [2.05, 4.69) is 45.7 Å². The minimum atomic E-state index is -0.193. The Labute approximate surface area is 158 Å². The third-order valence-corrected chi connectivity index (χ3v) is 6.00. The van der Waals surface area contributed by atoms with Gasteiger partial charge in [0.15, 0.2) is 0 Å². The first-order chi connectivity index (χ1) is 12.6. The molecular weight excluding hydrogens is 328 g/mol. The van der Waals surface area contributed by atoms with E-state index < -0.39 is 0 Å². The zero-order valence-electron chi connectivity index (χ0n) is 16.4. The molecule has 0 aromatic carbocycles. The fourth-order valence-electron chi connectivity index (χ4n) is 4.61. The number of amides is 2. The van der Waals surface area contributed by atoms with E-state index in [4.69, 9.17) is 0 Å². The van der Waals surface area contributed by atoms with Crippen LogP contribution in [0, 0.1) is 5.92 Å². The molecule has 3 aliphatic rings. The zero-order valence-corrected chi connectivity index (χ0v) is 16.4. The van der Waals surface area contributed by atoms with Crippen molar-refractivity contribution in [1.82, 2.24) is 31.9 Å². The molecule has 1 saturated carbocycles. The van der Waals surface area contributed by atoms with E-state index in [9.17, 15) is 4.79 Å². The number of rotatable bonds is 6. The van der Waals surface area contributed by atoms with Crippen LogP contribution in [0.3, 0.4) is 0 Å². The largest absolute Gasteiger partial charge is 0.335 e. The zero-order chi connectivity index (χ0) is 18.4. The van der Waals surface area contributed by atoms with Crippen LogP contribution in [0.2, 0.25) is 0 Å². The van der Waals surface area contributed by atoms with Crippen LogP contribution in [0.25, 0.3) is 0 Å². The summed E-state index contributed by atoms with van der Waals surface area (Å²) in [6.07, 6.45) is 9.49. The van der Waals surface area contributed by atoms with Gasteiger partial charge in [-0.05, 0) is 64.5 Å². The summed E-state index contributed by atoms with van der Waals surface area (Å²) < 4.78 is 0. The Kier molecular flexibility index (Phi) is 7.54. The Morgan fingerprint density at radius 3 is 2.69 bits per heavy atom. The summed E-state index contributed by atoms with van der Waals surface area (Å²) >= 11 is 0. The molecule has 2 saturated heterocycles. The molecule has 7 nitrogen and oxygen atoms in total. The van der Waals surface area contributed by atoms with Gasteiger partial charge in [0.05, 0.1) is 6.17 Å². The SMILES string of the molecule is CC1CCCC(NC(=O)NC2NC(C)CC(NCCC3CCCN3)N2)C1. The van der Waals surface area contributed by atoms with Crippen molar-refractivity contribution in [3.8, 4) is 0 Å². The highest BCUT2D eigenvalue weighted by Gasteiger charge is 2.27. The van der Waals surface area contributed by atoms with Gasteiger partial charge in [-0.15, -0.1) is 0 Å². The standard InChI is InChI=1S/C19H38N6O/c1-13-5-3-6-16(11-13)23-19(26)25-18-22-14(2)12-17(24-18)21-10-8-15-7-4-9-20-15/h13-18,20-22,24H,3-12H2,1-2H3,(H2,23,25,26). The van der Waals surface area contributed by atoms with Gasteiger partial charge >= 0.3 is 6.03 Å². The molecular formula is C19H38N6O. The summed E-state index contributed by atoms with van der Waals surface area (Å²) in [4.78, 5) is 12.4. The van der Waals surface area contributed by atoms with Crippen LogP contribution in [0.1, 0.15) is 65.2 Å². The molecule has 2 heterocycles. The smallest absolute Gasteiger partial charge is 0.317 e. The van der Waals surface area contributed by atoms with E-state index in [0.717, 1.165) is 32.4 Å². The Morgan fingerprint density at radius 1 is 1.04 bits per heavy atom. The van der Waals surface area contributed by atoms with Crippen molar-refractivity contribution in [2.45, 2.75) is 95.8 Å². The number of carbonyl (C=O) groups excluding carboxylic acids is 1. The summed E-state index contributed by atoms with van der Waals surface area (Å²) in [6, 6.07) is 1.27. The number of urea groups is 1. The highest BCUT2D eigenvalue weighted by molar-refractivity contribution is 5.74. The summed E-state index contributed by atoms with van der Waals surface area (Å²) in [6.45, 7) is 6.60. The fraction of sp³-hybridized carbons (Fsp3) is 0.947. The molecule has 0 spiro atoms. The molecule has 7 heteroatoms. The molecule has 26 heavy (non-hydrogen) atoms. The molecule has 1 aliphatic carbocycles. The minimum absolute atomic E-state index is 0.0721. The Balaban J connectivity index is 1.37. The fourth-order valence-corrected chi connectivity index (χ4v) is 4.61. The maximum absolute atomic E-state index is 12.4. The van der Waals surface area contributed by atoms with Crippen LogP contribution in [-0.4, -0.2) is 49.7 Å². The van der Waals surface area contributed by atoms with Gasteiger partial charge < -0.3 is 21.3 Å². The lowest BCUT2D eigenvalue weighted by Gasteiger charge is -2.37. The van der Waals surface area contributed by atoms with Crippen molar-refractivity contribution < 1.29 is 4.79 Å². The van der Waals surface area contributed by atoms with Crippen LogP contribution in [0.5, 0.6) is 0 Å². The maximum Gasteiger partial charge on any atom is 0.317 e. The van der Waals surface area contributed by atoms with Crippen molar-refractivity contribution in [3.05, 3.63) is 0 Å². The molecule has 3 fully saturated rings. The van der Waals surface area contributed by atoms with Gasteiger partial charge in [0, 0.05) is 18.1 Å². The third-order valence-electron chi connectivity index (χ3n) is 6.00. The highest BCUT2D eigenvalue weighted by atomic mass is 16.2. The molecule has 6 atom stereocenters. The lowest BCUT2D eigenvalue weighted by atomic mass is 9.87. The van der Waals surface area contributed by atoms with E-state index in [0.29, 0.717) is 24.0 Å². The first-order valence-electron chi connectivity index (χ1n) is 10.6. The number of hydrogen-bond donors (Lipinski definition) is 6. The topological polar surface area (TPSA) is 89.2 Å². The summed E-state index contributed by atoms with van der Waals surface area (Å²) in [5.41, 5.74) is 0. The second-order valence-corrected chi connectivity index (χ2v) is 8.58. The predicted octanol–water partition coefficient (Wildman–Crippen LogP) is 1.18. The minimum Gasteiger partial charge on any atom is -0.335 e. The van der Waals surface area contributed by atoms with E-state index >= 15 is 0 Å². The van der Waals surface area contributed by atoms with Crippen LogP contribution in [0.15, 0.2) is 0 Å². The Hall–Kier alpha value is -0.890. The summed E-state index contributed by atoms with van der Waals surface area (Å²) in [7, 11) is 0. The maximum atomic E-state index is 12.4. The molecule has 0 bridgehead atoms. The number of hydrogen-bond acceptors (Lipinski definition) is 5. The predicted molar refractivity (Wildman–Crippen MR) is 105 cm³/mol. The second kappa shape index (κ2) is 9.88. The van der Waals surface area contributed by atoms with Gasteiger partial charge in [-0.25, -0.2) is 4.79 Å². The second-order valence-electron chi connectivity index (χ2n) is 8.58. The van der Waals surface area contributed by atoms with Crippen molar-refractivity contribution in [2.24, 2.45) is 5.92 Å². The van der Waals surface area contributed by atoms with Crippen molar-refractivity contribution in [1.29, 1.82) is 0 Å². The van der Waals surface area contributed by atoms with Gasteiger partial charge in [0.1, 0.15) is 6.29 Å². The molecule has 6 N–H and O–H groups in total. The van der Waals surface area contributed by atoms with Gasteiger partial charge in [0.25, 0.3) is 0 Å². The molecule has 6 unspecified atom stereocenters. The van der Waals surface area contributed by atoms with Crippen LogP contribution < -0.4 is 31.9 Å². The van der Waals surface area contributed by atoms with E-state index in [-0.39, 0.29) is 18.5 Å². The van der Waals surface area contributed by atoms with E-state index in [1.807, 2.05) is 0 Å². The lowest BCUT2D eigenvalue weighted by molar-refractivity contribution is 0.182. The quantitative estimate of drug-likeness (QED) is 0.425. The van der Waals surface area contributed by atoms with Gasteiger partial charge in [0.2, 0.25) is 0 Å². The third kappa shape index (κ3) is 6.37. The molecule has 2 aliphatic heterocycles. The molecule has 0 aromatic heterocycles. The van der Waals surface area contributed by atoms with Crippen molar-refractivity contribution in [3.63, 3.8) is 0 Å². The number of carbonyl (C=O) groups is 1. The molecule has 0 radical (unpaired) electrons. The first-order valence-corrected chi connectivity index (χ1v) is 10.6. The average molecular weight is 367 g/mol. The lowest BCUT2D eigenvalue weighted by Crippen LogP contribution is -2.68. The molecule has 0 aromatic rings. The average Bonchev–Trinajstić information content (AvgIpc) is 3.07. The summed E-state index contributed by atoms with van der Waals surface area (Å²) in [5.74, 6) is 0.711. The van der Waals surface area contributed by atoms with Crippen LogP contribution in [-0.2, 0) is 0 Å². The number of nitrogens with one attached hydrogen (secondary N) is 6. The van der Waals surface area contributed by atoms with Gasteiger partial charge in [-0.2, -0.15) is 0 Å². The van der Waals surface area contributed by atoms with Crippen molar-refractivity contribution >= 4 is 6.03 Å².